The van der Waals surface area contributed by atoms with Crippen molar-refractivity contribution in [1.82, 2.24) is 4.90 Å². The smallest absolute Gasteiger partial charge is 0.222 e. The third-order valence-corrected chi connectivity index (χ3v) is 6.29. The number of nitrogens with zero attached hydrogens (tertiary/aromatic N) is 1. The van der Waals surface area contributed by atoms with Gasteiger partial charge in [0, 0.05) is 25.8 Å². The summed E-state index contributed by atoms with van der Waals surface area (Å²) >= 11 is 0. The van der Waals surface area contributed by atoms with Crippen LogP contribution in [0.2, 0.25) is 0 Å². The number of rotatable bonds is 5. The van der Waals surface area contributed by atoms with Crippen LogP contribution in [0.3, 0.4) is 0 Å². The minimum atomic E-state index is -3.11. The van der Waals surface area contributed by atoms with E-state index in [1.165, 1.54) is 25.5 Å². The fourth-order valence-electron chi connectivity index (χ4n) is 2.68. The van der Waals surface area contributed by atoms with Crippen LogP contribution in [-0.2, 0) is 14.6 Å². The molecule has 1 aliphatic carbocycles. The summed E-state index contributed by atoms with van der Waals surface area (Å²) in [5.41, 5.74) is 0. The summed E-state index contributed by atoms with van der Waals surface area (Å²) in [5, 5.41) is -0.521. The van der Waals surface area contributed by atoms with E-state index in [-0.39, 0.29) is 11.9 Å². The molecule has 1 saturated carbocycles. The molecule has 2 atom stereocenters. The fourth-order valence-corrected chi connectivity index (χ4v) is 3.58. The molecule has 0 aromatic heterocycles. The van der Waals surface area contributed by atoms with Gasteiger partial charge in [-0.3, -0.25) is 4.79 Å². The second-order valence-electron chi connectivity index (χ2n) is 5.99. The lowest BCUT2D eigenvalue weighted by Gasteiger charge is -2.31. The predicted molar refractivity (Wildman–Crippen MR) is 77.7 cm³/mol. The Balaban J connectivity index is 2.55. The van der Waals surface area contributed by atoms with Gasteiger partial charge in [-0.1, -0.05) is 19.3 Å². The summed E-state index contributed by atoms with van der Waals surface area (Å²) < 4.78 is 23.1. The molecule has 0 radical (unpaired) electrons. The molecular formula is C14H27NO3S. The van der Waals surface area contributed by atoms with Crippen molar-refractivity contribution in [2.45, 2.75) is 63.7 Å². The highest BCUT2D eigenvalue weighted by Crippen LogP contribution is 2.27. The molecule has 0 spiro atoms. The normalized spacial score (nSPS) is 20.8. The molecule has 0 unspecified atom stereocenters. The van der Waals surface area contributed by atoms with Crippen LogP contribution < -0.4 is 0 Å². The molecule has 5 heteroatoms. The van der Waals surface area contributed by atoms with Crippen LogP contribution >= 0.6 is 0 Å². The number of sulfone groups is 1. The van der Waals surface area contributed by atoms with Crippen molar-refractivity contribution in [2.24, 2.45) is 5.92 Å². The topological polar surface area (TPSA) is 54.5 Å². The quantitative estimate of drug-likeness (QED) is 0.780. The van der Waals surface area contributed by atoms with Gasteiger partial charge in [0.05, 0.1) is 5.25 Å². The maximum Gasteiger partial charge on any atom is 0.222 e. The van der Waals surface area contributed by atoms with Gasteiger partial charge in [0.15, 0.2) is 9.84 Å². The highest BCUT2D eigenvalue weighted by atomic mass is 32.2. The van der Waals surface area contributed by atoms with Crippen molar-refractivity contribution >= 4 is 15.7 Å². The first-order chi connectivity index (χ1) is 8.73. The van der Waals surface area contributed by atoms with Gasteiger partial charge in [0.2, 0.25) is 5.91 Å². The SMILES string of the molecule is C[C@H]([C@H](C)S(C)(=O)=O)N(C)C(=O)CC1CCCCC1. The zero-order valence-corrected chi connectivity index (χ0v) is 13.4. The lowest BCUT2D eigenvalue weighted by molar-refractivity contribution is -0.132. The van der Waals surface area contributed by atoms with Crippen LogP contribution in [-0.4, -0.2) is 43.8 Å². The van der Waals surface area contributed by atoms with Crippen LogP contribution in [0.1, 0.15) is 52.4 Å². The Morgan fingerprint density at radius 3 is 2.21 bits per heavy atom. The van der Waals surface area contributed by atoms with E-state index in [1.54, 1.807) is 18.9 Å². The van der Waals surface area contributed by atoms with Gasteiger partial charge in [0.25, 0.3) is 0 Å². The molecule has 0 saturated heterocycles. The molecule has 0 aromatic rings. The molecule has 1 fully saturated rings. The molecule has 0 N–H and O–H groups in total. The first kappa shape index (κ1) is 16.5. The van der Waals surface area contributed by atoms with E-state index in [2.05, 4.69) is 0 Å². The van der Waals surface area contributed by atoms with Crippen LogP contribution in [0, 0.1) is 5.92 Å². The summed E-state index contributed by atoms with van der Waals surface area (Å²) in [4.78, 5) is 13.8. The Morgan fingerprint density at radius 1 is 1.21 bits per heavy atom. The van der Waals surface area contributed by atoms with E-state index >= 15 is 0 Å². The number of hydrogen-bond donors (Lipinski definition) is 0. The Bertz CT molecular complexity index is 399. The van der Waals surface area contributed by atoms with Crippen molar-refractivity contribution in [3.05, 3.63) is 0 Å². The van der Waals surface area contributed by atoms with Gasteiger partial charge in [-0.05, 0) is 32.6 Å². The van der Waals surface area contributed by atoms with Crippen molar-refractivity contribution in [2.75, 3.05) is 13.3 Å². The lowest BCUT2D eigenvalue weighted by atomic mass is 9.86. The van der Waals surface area contributed by atoms with Crippen LogP contribution in [0.5, 0.6) is 0 Å². The second-order valence-corrected chi connectivity index (χ2v) is 8.39. The highest BCUT2D eigenvalue weighted by Gasteiger charge is 2.29. The zero-order chi connectivity index (χ0) is 14.6. The van der Waals surface area contributed by atoms with E-state index in [0.29, 0.717) is 12.3 Å². The van der Waals surface area contributed by atoms with Gasteiger partial charge in [0.1, 0.15) is 0 Å². The van der Waals surface area contributed by atoms with Crippen molar-refractivity contribution in [3.63, 3.8) is 0 Å². The third kappa shape index (κ3) is 4.79. The van der Waals surface area contributed by atoms with Gasteiger partial charge in [-0.25, -0.2) is 8.42 Å². The number of amides is 1. The van der Waals surface area contributed by atoms with Gasteiger partial charge in [-0.15, -0.1) is 0 Å². The summed E-state index contributed by atoms with van der Waals surface area (Å²) in [6.45, 7) is 3.48. The van der Waals surface area contributed by atoms with E-state index < -0.39 is 15.1 Å². The largest absolute Gasteiger partial charge is 0.342 e. The molecule has 0 aromatic carbocycles. The predicted octanol–water partition coefficient (Wildman–Crippen LogP) is 2.24. The Kier molecular flexibility index (Phi) is 5.83. The maximum absolute atomic E-state index is 12.2. The minimum Gasteiger partial charge on any atom is -0.342 e. The van der Waals surface area contributed by atoms with Gasteiger partial charge in [-0.2, -0.15) is 0 Å². The van der Waals surface area contributed by atoms with E-state index in [4.69, 9.17) is 0 Å². The van der Waals surface area contributed by atoms with E-state index in [1.807, 2.05) is 6.92 Å². The highest BCUT2D eigenvalue weighted by molar-refractivity contribution is 7.91. The molecule has 19 heavy (non-hydrogen) atoms. The molecule has 1 amide bonds. The average Bonchev–Trinajstić information content (AvgIpc) is 2.36. The molecule has 1 aliphatic rings. The van der Waals surface area contributed by atoms with Gasteiger partial charge >= 0.3 is 0 Å². The van der Waals surface area contributed by atoms with Crippen molar-refractivity contribution in [1.29, 1.82) is 0 Å². The van der Waals surface area contributed by atoms with E-state index in [0.717, 1.165) is 12.8 Å². The molecule has 0 aliphatic heterocycles. The summed E-state index contributed by atoms with van der Waals surface area (Å²) in [7, 11) is -1.39. The van der Waals surface area contributed by atoms with Crippen LogP contribution in [0.15, 0.2) is 0 Å². The minimum absolute atomic E-state index is 0.0786. The molecule has 0 bridgehead atoms. The third-order valence-electron chi connectivity index (χ3n) is 4.55. The van der Waals surface area contributed by atoms with Crippen LogP contribution in [0.25, 0.3) is 0 Å². The number of hydrogen-bond acceptors (Lipinski definition) is 3. The zero-order valence-electron chi connectivity index (χ0n) is 12.6. The number of carbonyl (C=O) groups excluding carboxylic acids is 1. The van der Waals surface area contributed by atoms with E-state index in [9.17, 15) is 13.2 Å². The molecule has 0 heterocycles. The first-order valence-corrected chi connectivity index (χ1v) is 9.13. The molecule has 4 nitrogen and oxygen atoms in total. The van der Waals surface area contributed by atoms with Crippen molar-refractivity contribution in [3.8, 4) is 0 Å². The maximum atomic E-state index is 12.2. The summed E-state index contributed by atoms with van der Waals surface area (Å²) in [6, 6.07) is -0.272. The summed E-state index contributed by atoms with van der Waals surface area (Å²) in [5.74, 6) is 0.569. The molecule has 1 rings (SSSR count). The average molecular weight is 289 g/mol. The Hall–Kier alpha value is -0.580. The lowest BCUT2D eigenvalue weighted by Crippen LogP contribution is -2.44. The van der Waals surface area contributed by atoms with Gasteiger partial charge < -0.3 is 4.90 Å². The second kappa shape index (κ2) is 6.73. The first-order valence-electron chi connectivity index (χ1n) is 7.18. The van der Waals surface area contributed by atoms with Crippen LogP contribution in [0.4, 0.5) is 0 Å². The fraction of sp³-hybridized carbons (Fsp3) is 0.929. The monoisotopic (exact) mass is 289 g/mol. The van der Waals surface area contributed by atoms with Crippen molar-refractivity contribution < 1.29 is 13.2 Å². The Morgan fingerprint density at radius 2 is 1.74 bits per heavy atom. The molecular weight excluding hydrogens is 262 g/mol. The number of carbonyl (C=O) groups is 1. The Labute approximate surface area is 117 Å². The molecule has 112 valence electrons. The standard InChI is InChI=1S/C14H27NO3S/c1-11(12(2)19(4,17)18)15(3)14(16)10-13-8-6-5-7-9-13/h11-13H,5-10H2,1-4H3/t11-,12+/m1/s1. The summed E-state index contributed by atoms with van der Waals surface area (Å²) in [6.07, 6.45) is 7.78.